The van der Waals surface area contributed by atoms with Gasteiger partial charge in [0.1, 0.15) is 6.54 Å². The third-order valence-electron chi connectivity index (χ3n) is 5.33. The fourth-order valence-electron chi connectivity index (χ4n) is 4.16. The SMILES string of the molecule is O=C(Cn1nnc(-c2ccccc2)n1)N1CCC[C@H]2CCCC[C@H]21. The number of hydrogen-bond donors (Lipinski definition) is 0. The van der Waals surface area contributed by atoms with Crippen LogP contribution in [0.2, 0.25) is 0 Å². The van der Waals surface area contributed by atoms with E-state index in [-0.39, 0.29) is 12.5 Å². The molecule has 0 bridgehead atoms. The molecule has 1 aromatic heterocycles. The summed E-state index contributed by atoms with van der Waals surface area (Å²) in [7, 11) is 0. The first-order valence-electron chi connectivity index (χ1n) is 8.94. The molecule has 126 valence electrons. The van der Waals surface area contributed by atoms with Gasteiger partial charge >= 0.3 is 0 Å². The Balaban J connectivity index is 1.45. The molecule has 24 heavy (non-hydrogen) atoms. The predicted molar refractivity (Wildman–Crippen MR) is 89.9 cm³/mol. The molecule has 0 N–H and O–H groups in total. The minimum atomic E-state index is 0.128. The molecule has 1 aliphatic carbocycles. The standard InChI is InChI=1S/C18H23N5O/c24-17(22-12-6-10-14-7-4-5-11-16(14)22)13-23-20-18(19-21-23)15-8-2-1-3-9-15/h1-3,8-9,14,16H,4-7,10-13H2/t14-,16-/m1/s1. The Morgan fingerprint density at radius 3 is 2.75 bits per heavy atom. The molecular weight excluding hydrogens is 302 g/mol. The number of carbonyl (C=O) groups is 1. The molecule has 0 radical (unpaired) electrons. The van der Waals surface area contributed by atoms with Gasteiger partial charge in [0.25, 0.3) is 0 Å². The molecule has 2 atom stereocenters. The number of rotatable bonds is 3. The summed E-state index contributed by atoms with van der Waals surface area (Å²) in [6.07, 6.45) is 7.37. The quantitative estimate of drug-likeness (QED) is 0.870. The van der Waals surface area contributed by atoms with E-state index in [1.54, 1.807) is 0 Å². The van der Waals surface area contributed by atoms with Crippen molar-refractivity contribution in [1.82, 2.24) is 25.1 Å². The van der Waals surface area contributed by atoms with Crippen LogP contribution in [0, 0.1) is 5.92 Å². The number of benzene rings is 1. The molecule has 2 fully saturated rings. The first-order chi connectivity index (χ1) is 11.8. The van der Waals surface area contributed by atoms with Crippen LogP contribution in [0.15, 0.2) is 30.3 Å². The van der Waals surface area contributed by atoms with Crippen molar-refractivity contribution in [3.63, 3.8) is 0 Å². The fourth-order valence-corrected chi connectivity index (χ4v) is 4.16. The van der Waals surface area contributed by atoms with Gasteiger partial charge in [-0.3, -0.25) is 4.79 Å². The van der Waals surface area contributed by atoms with E-state index in [2.05, 4.69) is 20.3 Å². The number of fused-ring (bicyclic) bond motifs is 1. The van der Waals surface area contributed by atoms with Crippen molar-refractivity contribution in [3.8, 4) is 11.4 Å². The summed E-state index contributed by atoms with van der Waals surface area (Å²) in [5.41, 5.74) is 0.918. The highest BCUT2D eigenvalue weighted by molar-refractivity contribution is 5.76. The molecule has 2 aromatic rings. The van der Waals surface area contributed by atoms with Gasteiger partial charge in [-0.15, -0.1) is 10.2 Å². The number of amides is 1. The van der Waals surface area contributed by atoms with Gasteiger partial charge in [-0.2, -0.15) is 4.80 Å². The second-order valence-corrected chi connectivity index (χ2v) is 6.85. The molecule has 6 nitrogen and oxygen atoms in total. The molecular formula is C18H23N5O. The van der Waals surface area contributed by atoms with Gasteiger partial charge < -0.3 is 4.90 Å². The van der Waals surface area contributed by atoms with Crippen LogP contribution in [0.25, 0.3) is 11.4 Å². The Labute approximate surface area is 141 Å². The van der Waals surface area contributed by atoms with E-state index in [0.717, 1.165) is 24.9 Å². The summed E-state index contributed by atoms with van der Waals surface area (Å²) in [6.45, 7) is 1.06. The Morgan fingerprint density at radius 2 is 1.88 bits per heavy atom. The molecule has 0 spiro atoms. The van der Waals surface area contributed by atoms with Crippen LogP contribution in [0.1, 0.15) is 38.5 Å². The first-order valence-corrected chi connectivity index (χ1v) is 8.94. The molecule has 6 heteroatoms. The Bertz CT molecular complexity index is 696. The van der Waals surface area contributed by atoms with Crippen LogP contribution in [0.3, 0.4) is 0 Å². The number of carbonyl (C=O) groups excluding carboxylic acids is 1. The zero-order chi connectivity index (χ0) is 16.4. The van der Waals surface area contributed by atoms with E-state index in [4.69, 9.17) is 0 Å². The topological polar surface area (TPSA) is 63.9 Å². The van der Waals surface area contributed by atoms with E-state index in [1.807, 2.05) is 30.3 Å². The first kappa shape index (κ1) is 15.3. The van der Waals surface area contributed by atoms with E-state index in [9.17, 15) is 4.79 Å². The second-order valence-electron chi connectivity index (χ2n) is 6.85. The monoisotopic (exact) mass is 325 g/mol. The van der Waals surface area contributed by atoms with Crippen molar-refractivity contribution in [2.75, 3.05) is 6.54 Å². The minimum absolute atomic E-state index is 0.128. The average molecular weight is 325 g/mol. The van der Waals surface area contributed by atoms with E-state index >= 15 is 0 Å². The van der Waals surface area contributed by atoms with Gasteiger partial charge in [-0.25, -0.2) is 0 Å². The van der Waals surface area contributed by atoms with Gasteiger partial charge in [-0.05, 0) is 36.8 Å². The number of nitrogens with zero attached hydrogens (tertiary/aromatic N) is 5. The third-order valence-corrected chi connectivity index (χ3v) is 5.33. The van der Waals surface area contributed by atoms with Gasteiger partial charge in [-0.1, -0.05) is 43.2 Å². The maximum Gasteiger partial charge on any atom is 0.246 e. The van der Waals surface area contributed by atoms with Crippen LogP contribution in [-0.2, 0) is 11.3 Å². The van der Waals surface area contributed by atoms with Crippen LogP contribution < -0.4 is 0 Å². The fraction of sp³-hybridized carbons (Fsp3) is 0.556. The molecule has 2 aliphatic rings. The van der Waals surface area contributed by atoms with Crippen LogP contribution in [-0.4, -0.2) is 43.6 Å². The third kappa shape index (κ3) is 3.05. The van der Waals surface area contributed by atoms with Crippen LogP contribution in [0.4, 0.5) is 0 Å². The highest BCUT2D eigenvalue weighted by Crippen LogP contribution is 2.35. The second kappa shape index (κ2) is 6.71. The highest BCUT2D eigenvalue weighted by atomic mass is 16.2. The number of piperidine rings is 1. The lowest BCUT2D eigenvalue weighted by atomic mass is 9.78. The lowest BCUT2D eigenvalue weighted by Crippen LogP contribution is -2.50. The van der Waals surface area contributed by atoms with Crippen molar-refractivity contribution in [3.05, 3.63) is 30.3 Å². The van der Waals surface area contributed by atoms with Gasteiger partial charge in [0.05, 0.1) is 0 Å². The van der Waals surface area contributed by atoms with Crippen LogP contribution >= 0.6 is 0 Å². The molecule has 1 aromatic carbocycles. The van der Waals surface area contributed by atoms with E-state index in [0.29, 0.717) is 17.8 Å². The zero-order valence-corrected chi connectivity index (χ0v) is 13.8. The normalized spacial score (nSPS) is 23.8. The summed E-state index contributed by atoms with van der Waals surface area (Å²) >= 11 is 0. The largest absolute Gasteiger partial charge is 0.338 e. The summed E-state index contributed by atoms with van der Waals surface area (Å²) < 4.78 is 0. The Morgan fingerprint density at radius 1 is 1.08 bits per heavy atom. The summed E-state index contributed by atoms with van der Waals surface area (Å²) in [5.74, 6) is 1.39. The van der Waals surface area contributed by atoms with Crippen molar-refractivity contribution in [2.24, 2.45) is 5.92 Å². The summed E-state index contributed by atoms with van der Waals surface area (Å²) in [6, 6.07) is 10.2. The molecule has 1 saturated heterocycles. The lowest BCUT2D eigenvalue weighted by Gasteiger charge is -2.44. The van der Waals surface area contributed by atoms with Gasteiger partial charge in [0.15, 0.2) is 0 Å². The van der Waals surface area contributed by atoms with Gasteiger partial charge in [0.2, 0.25) is 11.7 Å². The van der Waals surface area contributed by atoms with Crippen LogP contribution in [0.5, 0.6) is 0 Å². The van der Waals surface area contributed by atoms with Crippen molar-refractivity contribution in [2.45, 2.75) is 51.1 Å². The summed E-state index contributed by atoms with van der Waals surface area (Å²) in [4.78, 5) is 16.3. The van der Waals surface area contributed by atoms with E-state index in [1.165, 1.54) is 30.5 Å². The number of likely N-dealkylation sites (tertiary alicyclic amines) is 1. The van der Waals surface area contributed by atoms with Crippen molar-refractivity contribution >= 4 is 5.91 Å². The zero-order valence-electron chi connectivity index (χ0n) is 13.8. The maximum absolute atomic E-state index is 12.8. The number of aromatic nitrogens is 4. The summed E-state index contributed by atoms with van der Waals surface area (Å²) in [5, 5.41) is 12.5. The Kier molecular flexibility index (Phi) is 4.28. The van der Waals surface area contributed by atoms with Gasteiger partial charge in [0, 0.05) is 18.2 Å². The molecule has 1 amide bonds. The van der Waals surface area contributed by atoms with E-state index < -0.39 is 0 Å². The number of tetrazole rings is 1. The maximum atomic E-state index is 12.8. The minimum Gasteiger partial charge on any atom is -0.338 e. The highest BCUT2D eigenvalue weighted by Gasteiger charge is 2.35. The molecule has 2 heterocycles. The Hall–Kier alpha value is -2.24. The number of hydrogen-bond acceptors (Lipinski definition) is 4. The van der Waals surface area contributed by atoms with Crippen molar-refractivity contribution < 1.29 is 4.79 Å². The predicted octanol–water partition coefficient (Wildman–Crippen LogP) is 2.52. The van der Waals surface area contributed by atoms with Crippen molar-refractivity contribution in [1.29, 1.82) is 0 Å². The smallest absolute Gasteiger partial charge is 0.246 e. The average Bonchev–Trinajstić information content (AvgIpc) is 3.10. The molecule has 0 unspecified atom stereocenters. The molecule has 1 aliphatic heterocycles. The molecule has 4 rings (SSSR count). The molecule has 1 saturated carbocycles. The lowest BCUT2D eigenvalue weighted by molar-refractivity contribution is -0.138.